The standard InChI is InChI=1S/C46H67N5O11S/c1-44(2,3)62-42(56)46(6,7)33-45(4,5)19-9-8-10-34-11-15-37(16-12-34)61-30-35-13-17-38(18-14-35)63-51-43-49-28-36(29-50-43)41(55)48-21-23-58-24-26-59-31-39(52)47-20-22-57-25-27-60-32-40(53)54/h11-18,28-29H,8-10,19-27,30-33H2,1-7H3,(H,47,52)(H,48,55)(H,53,54)(H,49,50,51). The fourth-order valence-electron chi connectivity index (χ4n) is 6.30. The van der Waals surface area contributed by atoms with E-state index in [0.717, 1.165) is 48.3 Å². The molecule has 0 saturated carbocycles. The van der Waals surface area contributed by atoms with Crippen molar-refractivity contribution in [3.05, 3.63) is 77.6 Å². The zero-order valence-corrected chi connectivity index (χ0v) is 38.7. The molecule has 1 heterocycles. The normalized spacial score (nSPS) is 11.8. The number of unbranched alkanes of at least 4 members (excludes halogenated alkanes) is 1. The van der Waals surface area contributed by atoms with E-state index in [1.807, 2.05) is 71.0 Å². The van der Waals surface area contributed by atoms with Crippen LogP contribution >= 0.6 is 11.9 Å². The van der Waals surface area contributed by atoms with E-state index in [2.05, 4.69) is 51.3 Å². The van der Waals surface area contributed by atoms with Crippen LogP contribution in [0, 0.1) is 10.8 Å². The summed E-state index contributed by atoms with van der Waals surface area (Å²) < 4.78 is 35.6. The lowest BCUT2D eigenvalue weighted by Crippen LogP contribution is -2.36. The number of anilines is 1. The summed E-state index contributed by atoms with van der Waals surface area (Å²) in [5, 5.41) is 13.9. The van der Waals surface area contributed by atoms with Gasteiger partial charge in [0, 0.05) is 30.4 Å². The number of nitrogens with one attached hydrogen (secondary N) is 3. The number of rotatable bonds is 31. The number of carbonyl (C=O) groups is 4. The second-order valence-corrected chi connectivity index (χ2v) is 18.2. The molecule has 17 heteroatoms. The number of aromatic nitrogens is 2. The third kappa shape index (κ3) is 23.4. The molecule has 0 atom stereocenters. The highest BCUT2D eigenvalue weighted by atomic mass is 32.2. The Kier molecular flexibility index (Phi) is 22.8. The molecule has 1 aromatic heterocycles. The molecule has 0 radical (unpaired) electrons. The fraction of sp³-hybridized carbons (Fsp3) is 0.565. The number of aliphatic carboxylic acids is 1. The predicted molar refractivity (Wildman–Crippen MR) is 241 cm³/mol. The van der Waals surface area contributed by atoms with E-state index >= 15 is 0 Å². The molecule has 2 aromatic carbocycles. The molecule has 0 aliphatic heterocycles. The number of benzene rings is 2. The second-order valence-electron chi connectivity index (χ2n) is 17.3. The van der Waals surface area contributed by atoms with Crippen molar-refractivity contribution in [1.29, 1.82) is 0 Å². The number of esters is 1. The van der Waals surface area contributed by atoms with Gasteiger partial charge < -0.3 is 44.2 Å². The Balaban J connectivity index is 1.22. The Labute approximate surface area is 376 Å². The van der Waals surface area contributed by atoms with Gasteiger partial charge in [0.25, 0.3) is 5.91 Å². The average Bonchev–Trinajstić information content (AvgIpc) is 3.22. The minimum atomic E-state index is -1.04. The molecule has 2 amide bonds. The van der Waals surface area contributed by atoms with E-state index in [-0.39, 0.29) is 89.1 Å². The summed E-state index contributed by atoms with van der Waals surface area (Å²) >= 11 is 1.35. The highest BCUT2D eigenvalue weighted by Gasteiger charge is 2.37. The molecule has 0 spiro atoms. The maximum absolute atomic E-state index is 12.8. The van der Waals surface area contributed by atoms with Crippen molar-refractivity contribution in [3.63, 3.8) is 0 Å². The topological polar surface area (TPSA) is 206 Å². The van der Waals surface area contributed by atoms with Crippen molar-refractivity contribution in [2.45, 2.75) is 97.7 Å². The number of carboxylic acids is 1. The molecule has 0 bridgehead atoms. The first-order valence-corrected chi connectivity index (χ1v) is 22.1. The summed E-state index contributed by atoms with van der Waals surface area (Å²) in [6.07, 6.45) is 7.86. The number of hydrogen-bond acceptors (Lipinski definition) is 14. The quantitative estimate of drug-likeness (QED) is 0.0302. The van der Waals surface area contributed by atoms with Gasteiger partial charge in [-0.1, -0.05) is 44.5 Å². The number of carboxylic acid groups (broad SMARTS) is 1. The molecule has 16 nitrogen and oxygen atoms in total. The van der Waals surface area contributed by atoms with E-state index < -0.39 is 17.0 Å². The largest absolute Gasteiger partial charge is 0.489 e. The van der Waals surface area contributed by atoms with E-state index in [1.54, 1.807) is 0 Å². The Bertz CT molecular complexity index is 1820. The van der Waals surface area contributed by atoms with Crippen molar-refractivity contribution in [2.24, 2.45) is 10.8 Å². The lowest BCUT2D eigenvalue weighted by molar-refractivity contribution is -0.167. The Morgan fingerprint density at radius 2 is 1.29 bits per heavy atom. The molecule has 0 unspecified atom stereocenters. The van der Waals surface area contributed by atoms with Crippen LogP contribution in [0.1, 0.15) is 95.6 Å². The number of hydrogen-bond donors (Lipinski definition) is 4. The molecule has 0 aliphatic carbocycles. The van der Waals surface area contributed by atoms with Gasteiger partial charge in [-0.2, -0.15) is 0 Å². The third-order valence-corrected chi connectivity index (χ3v) is 9.96. The minimum Gasteiger partial charge on any atom is -0.489 e. The number of ether oxygens (including phenoxy) is 6. The Morgan fingerprint density at radius 1 is 0.698 bits per heavy atom. The lowest BCUT2D eigenvalue weighted by atomic mass is 9.72. The van der Waals surface area contributed by atoms with Crippen molar-refractivity contribution in [2.75, 3.05) is 70.7 Å². The summed E-state index contributed by atoms with van der Waals surface area (Å²) in [5.74, 6) is -0.637. The van der Waals surface area contributed by atoms with Gasteiger partial charge >= 0.3 is 11.9 Å². The molecule has 4 N–H and O–H groups in total. The van der Waals surface area contributed by atoms with E-state index in [0.29, 0.717) is 18.1 Å². The smallest absolute Gasteiger partial charge is 0.329 e. The van der Waals surface area contributed by atoms with Gasteiger partial charge in [0.05, 0.1) is 50.6 Å². The van der Waals surface area contributed by atoms with Crippen LogP contribution in [0.3, 0.4) is 0 Å². The maximum Gasteiger partial charge on any atom is 0.329 e. The molecular formula is C46H67N5O11S. The predicted octanol–water partition coefficient (Wildman–Crippen LogP) is 6.67. The van der Waals surface area contributed by atoms with Crippen molar-refractivity contribution < 1.29 is 52.7 Å². The molecule has 348 valence electrons. The van der Waals surface area contributed by atoms with Crippen LogP contribution in [0.25, 0.3) is 0 Å². The maximum atomic E-state index is 12.8. The van der Waals surface area contributed by atoms with Crippen LogP contribution in [-0.2, 0) is 51.1 Å². The highest BCUT2D eigenvalue weighted by Crippen LogP contribution is 2.39. The van der Waals surface area contributed by atoms with Gasteiger partial charge in [-0.3, -0.25) is 19.1 Å². The molecule has 3 aromatic rings. The van der Waals surface area contributed by atoms with Crippen LogP contribution in [0.2, 0.25) is 0 Å². The van der Waals surface area contributed by atoms with Crippen molar-refractivity contribution in [3.8, 4) is 5.75 Å². The van der Waals surface area contributed by atoms with Gasteiger partial charge in [-0.05, 0) is 113 Å². The van der Waals surface area contributed by atoms with Gasteiger partial charge in [-0.25, -0.2) is 14.8 Å². The fourth-order valence-corrected chi connectivity index (χ4v) is 6.88. The van der Waals surface area contributed by atoms with E-state index in [4.69, 9.17) is 33.5 Å². The Hall–Kier alpha value is -4.81. The van der Waals surface area contributed by atoms with E-state index in [1.165, 1.54) is 29.9 Å². The molecular weight excluding hydrogens is 831 g/mol. The number of aryl methyl sites for hydroxylation is 1. The van der Waals surface area contributed by atoms with Gasteiger partial charge in [-0.15, -0.1) is 0 Å². The number of amides is 2. The summed E-state index contributed by atoms with van der Waals surface area (Å²) in [4.78, 5) is 56.8. The minimum absolute atomic E-state index is 0.0320. The van der Waals surface area contributed by atoms with Crippen LogP contribution in [-0.4, -0.2) is 110 Å². The van der Waals surface area contributed by atoms with Crippen LogP contribution < -0.4 is 20.1 Å². The molecule has 3 rings (SSSR count). The van der Waals surface area contributed by atoms with Crippen LogP contribution in [0.4, 0.5) is 5.95 Å². The average molecular weight is 898 g/mol. The summed E-state index contributed by atoms with van der Waals surface area (Å²) in [7, 11) is 0. The summed E-state index contributed by atoms with van der Waals surface area (Å²) in [6.45, 7) is 16.0. The molecule has 63 heavy (non-hydrogen) atoms. The first-order chi connectivity index (χ1) is 29.9. The first-order valence-electron chi connectivity index (χ1n) is 21.3. The zero-order chi connectivity index (χ0) is 46.1. The molecule has 0 fully saturated rings. The van der Waals surface area contributed by atoms with Gasteiger partial charge in [0.15, 0.2) is 0 Å². The molecule has 0 aliphatic rings. The van der Waals surface area contributed by atoms with Crippen LogP contribution in [0.5, 0.6) is 5.75 Å². The molecule has 0 saturated heterocycles. The second kappa shape index (κ2) is 27.4. The van der Waals surface area contributed by atoms with Gasteiger partial charge in [0.2, 0.25) is 11.9 Å². The number of carbonyl (C=O) groups excluding carboxylic acids is 3. The van der Waals surface area contributed by atoms with Crippen molar-refractivity contribution >= 4 is 41.6 Å². The SMILES string of the molecule is CC(C)(CCCCc1ccc(OCc2ccc(SNc3ncc(C(=O)NCCOCCOCC(=O)NCCOCCOCC(=O)O)cn3)cc2)cc1)CC(C)(C)C(=O)OC(C)(C)C. The number of nitrogens with zero attached hydrogens (tertiary/aromatic N) is 2. The lowest BCUT2D eigenvalue weighted by Gasteiger charge is -2.35. The van der Waals surface area contributed by atoms with E-state index in [9.17, 15) is 19.2 Å². The Morgan fingerprint density at radius 3 is 1.90 bits per heavy atom. The van der Waals surface area contributed by atoms with Gasteiger partial charge in [0.1, 0.15) is 31.2 Å². The zero-order valence-electron chi connectivity index (χ0n) is 37.9. The third-order valence-electron chi connectivity index (χ3n) is 9.17. The first kappa shape index (κ1) is 52.5. The highest BCUT2D eigenvalue weighted by molar-refractivity contribution is 8.00. The monoisotopic (exact) mass is 897 g/mol. The van der Waals surface area contributed by atoms with Crippen molar-refractivity contribution in [1.82, 2.24) is 20.6 Å². The summed E-state index contributed by atoms with van der Waals surface area (Å²) in [5.41, 5.74) is 1.63. The summed E-state index contributed by atoms with van der Waals surface area (Å²) in [6, 6.07) is 16.3. The van der Waals surface area contributed by atoms with Crippen LogP contribution in [0.15, 0.2) is 65.8 Å².